The van der Waals surface area contributed by atoms with Gasteiger partial charge in [-0.2, -0.15) is 15.3 Å². The minimum Gasteiger partial charge on any atom is -0.223 e. The molecule has 240 valence electrons. The van der Waals surface area contributed by atoms with Crippen LogP contribution in [0.2, 0.25) is 0 Å². The van der Waals surface area contributed by atoms with Gasteiger partial charge in [0.2, 0.25) is 0 Å². The maximum absolute atomic E-state index is 5.07. The molecule has 0 saturated carbocycles. The molecule has 12 nitrogen and oxygen atoms in total. The minimum atomic E-state index is 0.566. The van der Waals surface area contributed by atoms with Crippen molar-refractivity contribution in [1.82, 2.24) is 59.2 Å². The lowest BCUT2D eigenvalue weighted by atomic mass is 10.0. The number of hydrogen-bond donors (Lipinski definition) is 0. The van der Waals surface area contributed by atoms with Gasteiger partial charge in [0, 0.05) is 16.7 Å². The summed E-state index contributed by atoms with van der Waals surface area (Å²) in [5.74, 6) is 1.70. The molecule has 12 heteroatoms. The minimum absolute atomic E-state index is 0.566. The van der Waals surface area contributed by atoms with Crippen molar-refractivity contribution in [1.29, 1.82) is 0 Å². The van der Waals surface area contributed by atoms with Crippen molar-refractivity contribution < 1.29 is 0 Å². The zero-order chi connectivity index (χ0) is 33.7. The first-order valence-electron chi connectivity index (χ1n) is 16.1. The largest absolute Gasteiger partial charge is 0.223 e. The van der Waals surface area contributed by atoms with Crippen LogP contribution >= 0.6 is 0 Å². The van der Waals surface area contributed by atoms with Gasteiger partial charge in [0.1, 0.15) is 38.0 Å². The lowest BCUT2D eigenvalue weighted by Gasteiger charge is -2.11. The molecule has 4 heterocycles. The number of benzene rings is 6. The van der Waals surface area contributed by atoms with Crippen molar-refractivity contribution in [2.24, 2.45) is 0 Å². The predicted octanol–water partition coefficient (Wildman–Crippen LogP) is 7.07. The summed E-state index contributed by atoms with van der Waals surface area (Å²) in [7, 11) is 0. The summed E-state index contributed by atoms with van der Waals surface area (Å²) in [4.78, 5) is 27.5. The number of fused-ring (bicyclic) bond motifs is 3. The van der Waals surface area contributed by atoms with E-state index in [9.17, 15) is 0 Å². The maximum atomic E-state index is 5.07. The van der Waals surface area contributed by atoms with E-state index < -0.39 is 0 Å². The molecule has 0 radical (unpaired) electrons. The Hall–Kier alpha value is -7.47. The van der Waals surface area contributed by atoms with E-state index in [1.807, 2.05) is 18.2 Å². The summed E-state index contributed by atoms with van der Waals surface area (Å²) >= 11 is 0. The Morgan fingerprint density at radius 3 is 0.922 bits per heavy atom. The lowest BCUT2D eigenvalue weighted by molar-refractivity contribution is 0.880. The SMILES string of the molecule is c1ncn(-c2ccc3ccc(-c4nc(-c5ccc6ccc(-n7cncn7)cc6c5)nc(-c5ccc6ccc(-n7cncn7)cc6c5)n4)cc3c2)n1. The molecule has 0 amide bonds. The highest BCUT2D eigenvalue weighted by atomic mass is 15.3. The van der Waals surface area contributed by atoms with E-state index in [4.69, 9.17) is 15.0 Å². The van der Waals surface area contributed by atoms with Crippen LogP contribution in [0.5, 0.6) is 0 Å². The molecule has 4 aromatic heterocycles. The third-order valence-corrected chi connectivity index (χ3v) is 8.93. The zero-order valence-electron chi connectivity index (χ0n) is 26.7. The summed E-state index contributed by atoms with van der Waals surface area (Å²) in [5.41, 5.74) is 5.34. The molecule has 10 rings (SSSR count). The fourth-order valence-electron chi connectivity index (χ4n) is 6.34. The Labute approximate surface area is 289 Å². The predicted molar refractivity (Wildman–Crippen MR) is 193 cm³/mol. The van der Waals surface area contributed by atoms with Gasteiger partial charge in [-0.15, -0.1) is 0 Å². The summed E-state index contributed by atoms with van der Waals surface area (Å²) in [5, 5.41) is 19.3. The molecule has 51 heavy (non-hydrogen) atoms. The van der Waals surface area contributed by atoms with Crippen molar-refractivity contribution in [2.45, 2.75) is 0 Å². The monoisotopic (exact) mass is 660 g/mol. The number of aromatic nitrogens is 12. The fourth-order valence-corrected chi connectivity index (χ4v) is 6.34. The van der Waals surface area contributed by atoms with Gasteiger partial charge in [-0.3, -0.25) is 0 Å². The van der Waals surface area contributed by atoms with Gasteiger partial charge >= 0.3 is 0 Å². The molecule has 0 aliphatic carbocycles. The van der Waals surface area contributed by atoms with E-state index >= 15 is 0 Å². The first-order valence-corrected chi connectivity index (χ1v) is 16.1. The highest BCUT2D eigenvalue weighted by Gasteiger charge is 2.15. The second-order valence-electron chi connectivity index (χ2n) is 12.1. The fraction of sp³-hybridized carbons (Fsp3) is 0. The second kappa shape index (κ2) is 11.6. The highest BCUT2D eigenvalue weighted by molar-refractivity contribution is 5.91. The van der Waals surface area contributed by atoms with Crippen LogP contribution in [0.3, 0.4) is 0 Å². The Morgan fingerprint density at radius 2 is 0.627 bits per heavy atom. The van der Waals surface area contributed by atoms with Gasteiger partial charge in [0.25, 0.3) is 0 Å². The first-order chi connectivity index (χ1) is 25.2. The Bertz CT molecular complexity index is 2540. The van der Waals surface area contributed by atoms with Crippen LogP contribution in [0.4, 0.5) is 0 Å². The van der Waals surface area contributed by atoms with Crippen LogP contribution in [0.25, 0.3) is 83.5 Å². The van der Waals surface area contributed by atoms with Crippen LogP contribution in [0.15, 0.2) is 147 Å². The second-order valence-corrected chi connectivity index (χ2v) is 12.1. The van der Waals surface area contributed by atoms with Crippen LogP contribution in [-0.2, 0) is 0 Å². The van der Waals surface area contributed by atoms with Crippen LogP contribution in [0, 0.1) is 0 Å². The molecule has 0 N–H and O–H groups in total. The molecule has 0 saturated heterocycles. The molecule has 0 bridgehead atoms. The molecule has 0 fully saturated rings. The Balaban J connectivity index is 1.14. The standard InChI is InChI=1S/C39H24N12/c1-4-28(13-31-16-34(10-7-25(1)31)49-22-40-19-43-49)37-46-38(29-5-2-26-8-11-35(17-32(26)14-29)50-23-41-20-44-50)48-39(47-37)30-6-3-27-9-12-36(18-33(27)15-30)51-24-42-21-45-51/h1-24H. The van der Waals surface area contributed by atoms with E-state index in [1.165, 1.54) is 19.0 Å². The number of hydrogen-bond acceptors (Lipinski definition) is 9. The van der Waals surface area contributed by atoms with Crippen molar-refractivity contribution >= 4 is 32.3 Å². The average molecular weight is 661 g/mol. The van der Waals surface area contributed by atoms with Gasteiger partial charge in [0.15, 0.2) is 17.5 Å². The van der Waals surface area contributed by atoms with E-state index in [2.05, 4.69) is 121 Å². The Morgan fingerprint density at radius 1 is 0.314 bits per heavy atom. The molecule has 0 spiro atoms. The van der Waals surface area contributed by atoms with Crippen molar-refractivity contribution in [3.8, 4) is 51.2 Å². The average Bonchev–Trinajstić information content (AvgIpc) is 4.02. The summed E-state index contributed by atoms with van der Waals surface area (Å²) in [6.45, 7) is 0. The molecule has 10 aromatic rings. The molecule has 0 aliphatic rings. The third kappa shape index (κ3) is 5.23. The van der Waals surface area contributed by atoms with Crippen molar-refractivity contribution in [3.05, 3.63) is 147 Å². The molecule has 6 aromatic carbocycles. The summed E-state index contributed by atoms with van der Waals surface area (Å²) in [6.07, 6.45) is 9.64. The van der Waals surface area contributed by atoms with Crippen molar-refractivity contribution in [3.63, 3.8) is 0 Å². The van der Waals surface area contributed by atoms with Gasteiger partial charge in [-0.25, -0.2) is 43.9 Å². The van der Waals surface area contributed by atoms with Gasteiger partial charge < -0.3 is 0 Å². The van der Waals surface area contributed by atoms with E-state index in [0.29, 0.717) is 17.5 Å². The zero-order valence-corrected chi connectivity index (χ0v) is 26.7. The first kappa shape index (κ1) is 28.5. The molecule has 0 aliphatic heterocycles. The normalized spacial score (nSPS) is 11.5. The number of nitrogens with zero attached hydrogens (tertiary/aromatic N) is 12. The van der Waals surface area contributed by atoms with Crippen LogP contribution < -0.4 is 0 Å². The smallest absolute Gasteiger partial charge is 0.164 e. The highest BCUT2D eigenvalue weighted by Crippen LogP contribution is 2.31. The quantitative estimate of drug-likeness (QED) is 0.184. The van der Waals surface area contributed by atoms with Crippen molar-refractivity contribution in [2.75, 3.05) is 0 Å². The molecule has 0 atom stereocenters. The molecule has 0 unspecified atom stereocenters. The van der Waals surface area contributed by atoms with E-state index in [0.717, 1.165) is 66.1 Å². The molecular formula is C39H24N12. The van der Waals surface area contributed by atoms with Gasteiger partial charge in [-0.05, 0) is 86.9 Å². The van der Waals surface area contributed by atoms with Gasteiger partial charge in [-0.1, -0.05) is 54.6 Å². The Kier molecular flexibility index (Phi) is 6.49. The lowest BCUT2D eigenvalue weighted by Crippen LogP contribution is -2.01. The van der Waals surface area contributed by atoms with Crippen LogP contribution in [-0.4, -0.2) is 59.2 Å². The van der Waals surface area contributed by atoms with E-state index in [1.54, 1.807) is 33.0 Å². The van der Waals surface area contributed by atoms with E-state index in [-0.39, 0.29) is 0 Å². The summed E-state index contributed by atoms with van der Waals surface area (Å²) in [6, 6.07) is 37.3. The topological polar surface area (TPSA) is 131 Å². The maximum Gasteiger partial charge on any atom is 0.164 e. The molecular weight excluding hydrogens is 637 g/mol. The summed E-state index contributed by atoms with van der Waals surface area (Å²) < 4.78 is 5.23. The number of rotatable bonds is 6. The third-order valence-electron chi connectivity index (χ3n) is 8.93. The van der Waals surface area contributed by atoms with Gasteiger partial charge in [0.05, 0.1) is 17.1 Å². The van der Waals surface area contributed by atoms with Crippen LogP contribution in [0.1, 0.15) is 0 Å².